The number of amides is 1. The molecule has 30 heavy (non-hydrogen) atoms. The molecule has 1 aliphatic rings. The highest BCUT2D eigenvalue weighted by molar-refractivity contribution is 6.46. The van der Waals surface area contributed by atoms with E-state index < -0.39 is 17.7 Å². The minimum absolute atomic E-state index is 0.0154. The number of likely N-dealkylation sites (tertiary alicyclic amines) is 1. The van der Waals surface area contributed by atoms with E-state index >= 15 is 0 Å². The molecule has 0 aliphatic carbocycles. The second-order valence-corrected chi connectivity index (χ2v) is 7.19. The van der Waals surface area contributed by atoms with Crippen LogP contribution >= 0.6 is 11.6 Å². The number of methoxy groups -OCH3 is 1. The number of hydrogen-bond donors (Lipinski definition) is 1. The van der Waals surface area contributed by atoms with Gasteiger partial charge in [-0.2, -0.15) is 0 Å². The standard InChI is InChI=1S/C23H18ClNO5/c1-29-18-7-3-2-6-17(18)20-19(21(26)14-8-10-15(24)11-9-14)22(27)23(28)25(20)13-16-5-4-12-30-16/h2-12,20,26H,13H2,1H3. The Morgan fingerprint density at radius 2 is 1.83 bits per heavy atom. The van der Waals surface area contributed by atoms with Gasteiger partial charge in [0.1, 0.15) is 17.3 Å². The van der Waals surface area contributed by atoms with Crippen LogP contribution < -0.4 is 4.74 Å². The molecule has 4 rings (SSSR count). The molecule has 152 valence electrons. The Morgan fingerprint density at radius 1 is 1.10 bits per heavy atom. The highest BCUT2D eigenvalue weighted by Crippen LogP contribution is 2.43. The highest BCUT2D eigenvalue weighted by Gasteiger charge is 2.47. The molecule has 1 unspecified atom stereocenters. The Balaban J connectivity index is 1.90. The molecule has 7 heteroatoms. The van der Waals surface area contributed by atoms with Crippen molar-refractivity contribution in [2.24, 2.45) is 0 Å². The van der Waals surface area contributed by atoms with Crippen LogP contribution in [0.2, 0.25) is 5.02 Å². The first-order valence-corrected chi connectivity index (χ1v) is 9.58. The van der Waals surface area contributed by atoms with Crippen molar-refractivity contribution in [3.05, 3.63) is 94.4 Å². The van der Waals surface area contributed by atoms with E-state index in [2.05, 4.69) is 0 Å². The molecule has 0 radical (unpaired) electrons. The summed E-state index contributed by atoms with van der Waals surface area (Å²) >= 11 is 5.94. The Kier molecular flexibility index (Phi) is 5.33. The molecule has 1 N–H and O–H groups in total. The number of aliphatic hydroxyl groups is 1. The predicted octanol–water partition coefficient (Wildman–Crippen LogP) is 4.56. The van der Waals surface area contributed by atoms with Gasteiger partial charge in [0.15, 0.2) is 0 Å². The molecule has 1 amide bonds. The third-order valence-corrected chi connectivity index (χ3v) is 5.25. The number of rotatable bonds is 5. The molecule has 1 aliphatic heterocycles. The van der Waals surface area contributed by atoms with Gasteiger partial charge in [-0.05, 0) is 42.5 Å². The fourth-order valence-electron chi connectivity index (χ4n) is 3.59. The van der Waals surface area contributed by atoms with Crippen molar-refractivity contribution in [3.63, 3.8) is 0 Å². The lowest BCUT2D eigenvalue weighted by molar-refractivity contribution is -0.140. The highest BCUT2D eigenvalue weighted by atomic mass is 35.5. The zero-order chi connectivity index (χ0) is 21.3. The molecule has 2 aromatic carbocycles. The van der Waals surface area contributed by atoms with Crippen molar-refractivity contribution in [2.75, 3.05) is 7.11 Å². The normalized spacial score (nSPS) is 18.1. The van der Waals surface area contributed by atoms with E-state index in [1.54, 1.807) is 60.7 Å². The van der Waals surface area contributed by atoms with Gasteiger partial charge in [0.05, 0.1) is 31.5 Å². The Hall–Kier alpha value is -3.51. The van der Waals surface area contributed by atoms with E-state index in [9.17, 15) is 14.7 Å². The minimum atomic E-state index is -0.845. The fourth-order valence-corrected chi connectivity index (χ4v) is 3.72. The molecule has 3 aromatic rings. The molecule has 6 nitrogen and oxygen atoms in total. The summed E-state index contributed by atoms with van der Waals surface area (Å²) in [5, 5.41) is 11.5. The zero-order valence-corrected chi connectivity index (χ0v) is 16.8. The number of halogens is 1. The van der Waals surface area contributed by atoms with Crippen LogP contribution in [0, 0.1) is 0 Å². The summed E-state index contributed by atoms with van der Waals surface area (Å²) in [5.41, 5.74) is 0.954. The summed E-state index contributed by atoms with van der Waals surface area (Å²) in [4.78, 5) is 27.3. The van der Waals surface area contributed by atoms with E-state index in [4.69, 9.17) is 20.8 Å². The number of hydrogen-bond acceptors (Lipinski definition) is 5. The number of ketones is 1. The van der Waals surface area contributed by atoms with Crippen LogP contribution in [-0.4, -0.2) is 28.8 Å². The van der Waals surface area contributed by atoms with Crippen molar-refractivity contribution in [3.8, 4) is 5.75 Å². The van der Waals surface area contributed by atoms with Crippen LogP contribution in [0.5, 0.6) is 5.75 Å². The average Bonchev–Trinajstić information content (AvgIpc) is 3.36. The molecule has 1 saturated heterocycles. The number of carbonyl (C=O) groups is 2. The maximum atomic E-state index is 13.0. The lowest BCUT2D eigenvalue weighted by atomic mass is 9.94. The van der Waals surface area contributed by atoms with Crippen molar-refractivity contribution >= 4 is 29.1 Å². The second kappa shape index (κ2) is 8.08. The van der Waals surface area contributed by atoms with Crippen LogP contribution in [0.4, 0.5) is 0 Å². The molecule has 1 fully saturated rings. The molecule has 1 atom stereocenters. The first-order valence-electron chi connectivity index (χ1n) is 9.21. The van der Waals surface area contributed by atoms with Crippen LogP contribution in [0.1, 0.15) is 22.9 Å². The summed E-state index contributed by atoms with van der Waals surface area (Å²) < 4.78 is 10.9. The number of furan rings is 1. The SMILES string of the molecule is COc1ccccc1C1C(=C(O)c2ccc(Cl)cc2)C(=O)C(=O)N1Cc1ccco1. The van der Waals surface area contributed by atoms with Crippen LogP contribution in [0.25, 0.3) is 5.76 Å². The number of aliphatic hydroxyl groups excluding tert-OH is 1. The van der Waals surface area contributed by atoms with Gasteiger partial charge >= 0.3 is 0 Å². The van der Waals surface area contributed by atoms with Gasteiger partial charge in [-0.25, -0.2) is 0 Å². The second-order valence-electron chi connectivity index (χ2n) is 6.76. The molecule has 0 saturated carbocycles. The van der Waals surface area contributed by atoms with Crippen molar-refractivity contribution in [1.29, 1.82) is 0 Å². The van der Waals surface area contributed by atoms with E-state index in [-0.39, 0.29) is 17.9 Å². The Labute approximate surface area is 177 Å². The number of para-hydroxylation sites is 1. The Morgan fingerprint density at radius 3 is 2.50 bits per heavy atom. The topological polar surface area (TPSA) is 80.0 Å². The van der Waals surface area contributed by atoms with E-state index in [1.165, 1.54) is 18.3 Å². The minimum Gasteiger partial charge on any atom is -0.507 e. The van der Waals surface area contributed by atoms with Crippen molar-refractivity contribution < 1.29 is 23.8 Å². The molecule has 0 spiro atoms. The van der Waals surface area contributed by atoms with Gasteiger partial charge in [0.2, 0.25) is 0 Å². The zero-order valence-electron chi connectivity index (χ0n) is 16.0. The summed E-state index contributed by atoms with van der Waals surface area (Å²) in [6, 6.07) is 16.1. The van der Waals surface area contributed by atoms with Crippen LogP contribution in [-0.2, 0) is 16.1 Å². The Bertz CT molecular complexity index is 1120. The molecule has 0 bridgehead atoms. The van der Waals surface area contributed by atoms with Gasteiger partial charge in [-0.1, -0.05) is 29.8 Å². The van der Waals surface area contributed by atoms with Crippen LogP contribution in [0.15, 0.2) is 76.9 Å². The molecule has 2 heterocycles. The quantitative estimate of drug-likeness (QED) is 0.369. The first-order chi connectivity index (χ1) is 14.5. The maximum Gasteiger partial charge on any atom is 0.296 e. The third-order valence-electron chi connectivity index (χ3n) is 5.00. The van der Waals surface area contributed by atoms with Crippen molar-refractivity contribution in [2.45, 2.75) is 12.6 Å². The number of benzene rings is 2. The summed E-state index contributed by atoms with van der Waals surface area (Å²) in [6.45, 7) is 0.0671. The molecular weight excluding hydrogens is 406 g/mol. The van der Waals surface area contributed by atoms with E-state index in [0.29, 0.717) is 27.7 Å². The van der Waals surface area contributed by atoms with Crippen molar-refractivity contribution in [1.82, 2.24) is 4.90 Å². The number of ether oxygens (including phenoxy) is 1. The lowest BCUT2D eigenvalue weighted by Gasteiger charge is -2.25. The fraction of sp³-hybridized carbons (Fsp3) is 0.130. The lowest BCUT2D eigenvalue weighted by Crippen LogP contribution is -2.29. The van der Waals surface area contributed by atoms with Gasteiger partial charge < -0.3 is 19.2 Å². The summed E-state index contributed by atoms with van der Waals surface area (Å²) in [6.07, 6.45) is 1.50. The largest absolute Gasteiger partial charge is 0.507 e. The third kappa shape index (κ3) is 3.46. The van der Waals surface area contributed by atoms with E-state index in [1.807, 2.05) is 0 Å². The predicted molar refractivity (Wildman–Crippen MR) is 111 cm³/mol. The monoisotopic (exact) mass is 423 g/mol. The van der Waals surface area contributed by atoms with Gasteiger partial charge in [0, 0.05) is 16.1 Å². The maximum absolute atomic E-state index is 13.0. The van der Waals surface area contributed by atoms with Gasteiger partial charge in [0.25, 0.3) is 11.7 Å². The number of nitrogens with zero attached hydrogens (tertiary/aromatic N) is 1. The van der Waals surface area contributed by atoms with Crippen LogP contribution in [0.3, 0.4) is 0 Å². The molecular formula is C23H18ClNO5. The number of Topliss-reactive ketones (excluding diaryl/α,β-unsaturated/α-hetero) is 1. The average molecular weight is 424 g/mol. The number of carbonyl (C=O) groups excluding carboxylic acids is 2. The van der Waals surface area contributed by atoms with Gasteiger partial charge in [-0.3, -0.25) is 9.59 Å². The van der Waals surface area contributed by atoms with Gasteiger partial charge in [-0.15, -0.1) is 0 Å². The first kappa shape index (κ1) is 19.8. The molecule has 1 aromatic heterocycles. The summed E-state index contributed by atoms with van der Waals surface area (Å²) in [5.74, 6) is -0.760. The smallest absolute Gasteiger partial charge is 0.296 e. The van der Waals surface area contributed by atoms with E-state index in [0.717, 1.165) is 0 Å². The summed E-state index contributed by atoms with van der Waals surface area (Å²) in [7, 11) is 1.51.